The summed E-state index contributed by atoms with van der Waals surface area (Å²) in [5, 5.41) is 0. The minimum Gasteiger partial charge on any atom is -0.493 e. The summed E-state index contributed by atoms with van der Waals surface area (Å²) < 4.78 is 38.2. The molecule has 0 aliphatic heterocycles. The van der Waals surface area contributed by atoms with Crippen LogP contribution in [0.15, 0.2) is 18.2 Å². The summed E-state index contributed by atoms with van der Waals surface area (Å²) in [7, 11) is 1.18. The van der Waals surface area contributed by atoms with Gasteiger partial charge in [0.05, 0.1) is 14.2 Å². The molecule has 1 aromatic rings. The Labute approximate surface area is 127 Å². The van der Waals surface area contributed by atoms with E-state index < -0.39 is 10.2 Å². The van der Waals surface area contributed by atoms with Gasteiger partial charge in [-0.3, -0.25) is 0 Å². The third kappa shape index (κ3) is 3.87. The maximum absolute atomic E-state index is 12.4. The molecule has 0 radical (unpaired) electrons. The third-order valence-corrected chi connectivity index (χ3v) is 5.39. The summed E-state index contributed by atoms with van der Waals surface area (Å²) in [5.41, 5.74) is 0.759. The normalized spacial score (nSPS) is 12.0. The molecule has 0 saturated heterocycles. The van der Waals surface area contributed by atoms with E-state index in [2.05, 4.69) is 0 Å². The quantitative estimate of drug-likeness (QED) is 0.733. The van der Waals surface area contributed by atoms with Gasteiger partial charge >= 0.3 is 0 Å². The molecule has 0 spiro atoms. The van der Waals surface area contributed by atoms with Gasteiger partial charge in [-0.1, -0.05) is 26.0 Å². The summed E-state index contributed by atoms with van der Waals surface area (Å²) in [6.45, 7) is 4.75. The highest BCUT2D eigenvalue weighted by molar-refractivity contribution is 7.86. The van der Waals surface area contributed by atoms with Crippen LogP contribution in [-0.2, 0) is 16.8 Å². The van der Waals surface area contributed by atoms with E-state index in [1.807, 2.05) is 26.0 Å². The molecule has 21 heavy (non-hydrogen) atoms. The van der Waals surface area contributed by atoms with Crippen molar-refractivity contribution in [2.45, 2.75) is 20.4 Å². The van der Waals surface area contributed by atoms with E-state index in [0.717, 1.165) is 5.56 Å². The number of benzene rings is 1. The Kier molecular flexibility index (Phi) is 6.44. The topological polar surface area (TPSA) is 59.1 Å². The van der Waals surface area contributed by atoms with Gasteiger partial charge in [-0.2, -0.15) is 17.0 Å². The zero-order valence-electron chi connectivity index (χ0n) is 13.3. The second-order valence-electron chi connectivity index (χ2n) is 4.50. The van der Waals surface area contributed by atoms with Crippen LogP contribution >= 0.6 is 0 Å². The average molecular weight is 316 g/mol. The Morgan fingerprint density at radius 2 is 1.71 bits per heavy atom. The van der Waals surface area contributed by atoms with Crippen molar-refractivity contribution in [2.24, 2.45) is 0 Å². The van der Waals surface area contributed by atoms with Gasteiger partial charge in [-0.25, -0.2) is 0 Å². The largest absolute Gasteiger partial charge is 0.493 e. The zero-order chi connectivity index (χ0) is 16.0. The fourth-order valence-corrected chi connectivity index (χ4v) is 3.50. The predicted molar refractivity (Wildman–Crippen MR) is 82.9 cm³/mol. The van der Waals surface area contributed by atoms with Crippen LogP contribution in [0.4, 0.5) is 0 Å². The number of nitrogens with zero attached hydrogens (tertiary/aromatic N) is 2. The smallest absolute Gasteiger partial charge is 0.282 e. The van der Waals surface area contributed by atoms with Gasteiger partial charge in [-0.15, -0.1) is 0 Å². The molecule has 0 aliphatic rings. The average Bonchev–Trinajstić information content (AvgIpc) is 2.47. The van der Waals surface area contributed by atoms with Crippen LogP contribution in [0.3, 0.4) is 0 Å². The third-order valence-electron chi connectivity index (χ3n) is 3.30. The first-order valence-corrected chi connectivity index (χ1v) is 8.23. The Morgan fingerprint density at radius 3 is 2.19 bits per heavy atom. The summed E-state index contributed by atoms with van der Waals surface area (Å²) in [5.74, 6) is 1.14. The number of hydrogen-bond acceptors (Lipinski definition) is 4. The van der Waals surface area contributed by atoms with E-state index in [-0.39, 0.29) is 6.54 Å². The standard InChI is InChI=1S/C14H24N2O4S/c1-6-16(7-2)21(17,18)15(3)11-12-9-8-10-13(19-4)14(12)20-5/h8-10H,6-7,11H2,1-5H3. The van der Waals surface area contributed by atoms with Crippen LogP contribution < -0.4 is 9.47 Å². The molecule has 0 unspecified atom stereocenters. The molecule has 0 bridgehead atoms. The summed E-state index contributed by atoms with van der Waals surface area (Å²) in [6, 6.07) is 5.42. The fraction of sp³-hybridized carbons (Fsp3) is 0.571. The van der Waals surface area contributed by atoms with Gasteiger partial charge in [0.15, 0.2) is 11.5 Å². The van der Waals surface area contributed by atoms with Gasteiger partial charge in [0.2, 0.25) is 0 Å². The van der Waals surface area contributed by atoms with Gasteiger partial charge in [-0.05, 0) is 6.07 Å². The van der Waals surface area contributed by atoms with E-state index in [9.17, 15) is 8.42 Å². The summed E-state index contributed by atoms with van der Waals surface area (Å²) in [4.78, 5) is 0. The molecule has 0 fully saturated rings. The van der Waals surface area contributed by atoms with Gasteiger partial charge in [0, 0.05) is 32.2 Å². The molecule has 0 aliphatic carbocycles. The lowest BCUT2D eigenvalue weighted by molar-refractivity contribution is 0.341. The molecule has 0 atom stereocenters. The lowest BCUT2D eigenvalue weighted by atomic mass is 10.2. The highest BCUT2D eigenvalue weighted by Crippen LogP contribution is 2.31. The van der Waals surface area contributed by atoms with Crippen LogP contribution in [0, 0.1) is 0 Å². The van der Waals surface area contributed by atoms with Gasteiger partial charge in [0.25, 0.3) is 10.2 Å². The molecule has 0 N–H and O–H groups in total. The van der Waals surface area contributed by atoms with E-state index >= 15 is 0 Å². The van der Waals surface area contributed by atoms with E-state index in [4.69, 9.17) is 9.47 Å². The Bertz CT molecular complexity index is 556. The molecule has 0 amide bonds. The molecule has 6 nitrogen and oxygen atoms in total. The zero-order valence-corrected chi connectivity index (χ0v) is 14.1. The van der Waals surface area contributed by atoms with Crippen molar-refractivity contribution in [3.8, 4) is 11.5 Å². The van der Waals surface area contributed by atoms with Crippen LogP contribution in [0.2, 0.25) is 0 Å². The van der Waals surface area contributed by atoms with Gasteiger partial charge in [0.1, 0.15) is 0 Å². The van der Waals surface area contributed by atoms with Crippen molar-refractivity contribution in [3.63, 3.8) is 0 Å². The number of para-hydroxylation sites is 1. The van der Waals surface area contributed by atoms with Crippen molar-refractivity contribution < 1.29 is 17.9 Å². The van der Waals surface area contributed by atoms with Crippen molar-refractivity contribution in [2.75, 3.05) is 34.4 Å². The van der Waals surface area contributed by atoms with Crippen molar-refractivity contribution in [1.29, 1.82) is 0 Å². The highest BCUT2D eigenvalue weighted by Gasteiger charge is 2.25. The molecule has 120 valence electrons. The first kappa shape index (κ1) is 17.7. The Balaban J connectivity index is 3.06. The van der Waals surface area contributed by atoms with E-state index in [1.165, 1.54) is 8.61 Å². The van der Waals surface area contributed by atoms with E-state index in [0.29, 0.717) is 24.6 Å². The highest BCUT2D eigenvalue weighted by atomic mass is 32.2. The Hall–Kier alpha value is -1.31. The van der Waals surface area contributed by atoms with Crippen molar-refractivity contribution in [3.05, 3.63) is 23.8 Å². The Morgan fingerprint density at radius 1 is 1.10 bits per heavy atom. The second kappa shape index (κ2) is 7.63. The first-order chi connectivity index (χ1) is 9.92. The fourth-order valence-electron chi connectivity index (χ4n) is 2.15. The van der Waals surface area contributed by atoms with Crippen LogP contribution in [0.1, 0.15) is 19.4 Å². The molecule has 0 saturated carbocycles. The number of rotatable bonds is 8. The van der Waals surface area contributed by atoms with Gasteiger partial charge < -0.3 is 9.47 Å². The first-order valence-electron chi connectivity index (χ1n) is 6.83. The lowest BCUT2D eigenvalue weighted by Gasteiger charge is -2.26. The molecule has 1 aromatic carbocycles. The second-order valence-corrected chi connectivity index (χ2v) is 6.54. The molecule has 0 heterocycles. The van der Waals surface area contributed by atoms with Crippen LogP contribution in [0.25, 0.3) is 0 Å². The SMILES string of the molecule is CCN(CC)S(=O)(=O)N(C)Cc1cccc(OC)c1OC. The molecule has 1 rings (SSSR count). The summed E-state index contributed by atoms with van der Waals surface area (Å²) >= 11 is 0. The van der Waals surface area contributed by atoms with E-state index in [1.54, 1.807) is 27.3 Å². The number of hydrogen-bond donors (Lipinski definition) is 0. The molecular formula is C14H24N2O4S. The lowest BCUT2D eigenvalue weighted by Crippen LogP contribution is -2.41. The molecule has 0 aromatic heterocycles. The molecule has 7 heteroatoms. The van der Waals surface area contributed by atoms with Crippen molar-refractivity contribution >= 4 is 10.2 Å². The predicted octanol–water partition coefficient (Wildman–Crippen LogP) is 1.72. The monoisotopic (exact) mass is 316 g/mol. The van der Waals surface area contributed by atoms with Crippen molar-refractivity contribution in [1.82, 2.24) is 8.61 Å². The number of methoxy groups -OCH3 is 2. The minimum atomic E-state index is -3.47. The molecular weight excluding hydrogens is 292 g/mol. The van der Waals surface area contributed by atoms with Crippen LogP contribution in [-0.4, -0.2) is 51.4 Å². The van der Waals surface area contributed by atoms with Crippen LogP contribution in [0.5, 0.6) is 11.5 Å². The number of ether oxygens (including phenoxy) is 2. The minimum absolute atomic E-state index is 0.221. The maximum atomic E-state index is 12.4. The summed E-state index contributed by atoms with van der Waals surface area (Å²) in [6.07, 6.45) is 0. The maximum Gasteiger partial charge on any atom is 0.282 e.